The van der Waals surface area contributed by atoms with Gasteiger partial charge in [0.2, 0.25) is 5.91 Å². The summed E-state index contributed by atoms with van der Waals surface area (Å²) in [5.74, 6) is -0.163. The molecule has 2 amide bonds. The maximum atomic E-state index is 12.4. The van der Waals surface area contributed by atoms with Gasteiger partial charge in [-0.25, -0.2) is 0 Å². The van der Waals surface area contributed by atoms with E-state index in [0.717, 1.165) is 20.8 Å². The highest BCUT2D eigenvalue weighted by molar-refractivity contribution is 9.10. The number of hydrogen-bond donors (Lipinski definition) is 2. The highest BCUT2D eigenvalue weighted by Gasteiger charge is 2.14. The molecule has 0 unspecified atom stereocenters. The zero-order chi connectivity index (χ0) is 19.4. The van der Waals surface area contributed by atoms with E-state index in [1.807, 2.05) is 30.3 Å². The van der Waals surface area contributed by atoms with E-state index in [9.17, 15) is 9.59 Å². The maximum Gasteiger partial charge on any atom is 0.269 e. The molecule has 138 valence electrons. The molecule has 0 radical (unpaired) electrons. The predicted octanol–water partition coefficient (Wildman–Crippen LogP) is 4.27. The van der Waals surface area contributed by atoms with Gasteiger partial charge in [-0.3, -0.25) is 20.4 Å². The average molecular weight is 448 g/mol. The van der Waals surface area contributed by atoms with Crippen LogP contribution in [-0.4, -0.2) is 18.9 Å². The lowest BCUT2D eigenvalue weighted by atomic mass is 10.0. The number of carbonyl (C=O) groups is 2. The Morgan fingerprint density at radius 2 is 1.78 bits per heavy atom. The second-order valence-electron chi connectivity index (χ2n) is 5.80. The Balaban J connectivity index is 1.73. The molecule has 0 aliphatic heterocycles. The van der Waals surface area contributed by atoms with Crippen LogP contribution in [0.5, 0.6) is 5.75 Å². The minimum Gasteiger partial charge on any atom is -0.496 e. The fraction of sp³-hybridized carbons (Fsp3) is 0.100. The molecule has 3 aromatic carbocycles. The maximum absolute atomic E-state index is 12.4. The van der Waals surface area contributed by atoms with E-state index in [1.165, 1.54) is 0 Å². The van der Waals surface area contributed by atoms with Crippen LogP contribution in [0.3, 0.4) is 0 Å². The van der Waals surface area contributed by atoms with E-state index >= 15 is 0 Å². The van der Waals surface area contributed by atoms with Gasteiger partial charge in [0.1, 0.15) is 5.75 Å². The Morgan fingerprint density at radius 3 is 2.48 bits per heavy atom. The van der Waals surface area contributed by atoms with Gasteiger partial charge in [0.25, 0.3) is 5.91 Å². The lowest BCUT2D eigenvalue weighted by Crippen LogP contribution is -2.42. The van der Waals surface area contributed by atoms with Gasteiger partial charge in [0.05, 0.1) is 13.5 Å². The van der Waals surface area contributed by atoms with Crippen molar-refractivity contribution in [1.82, 2.24) is 10.9 Å². The molecule has 0 atom stereocenters. The van der Waals surface area contributed by atoms with Crippen LogP contribution < -0.4 is 15.6 Å². The molecule has 0 saturated carbocycles. The van der Waals surface area contributed by atoms with Crippen LogP contribution in [0.4, 0.5) is 0 Å². The van der Waals surface area contributed by atoms with Gasteiger partial charge in [-0.15, -0.1) is 0 Å². The number of nitrogens with one attached hydrogen (secondary N) is 2. The van der Waals surface area contributed by atoms with Gasteiger partial charge >= 0.3 is 0 Å². The van der Waals surface area contributed by atoms with Crippen molar-refractivity contribution < 1.29 is 14.3 Å². The van der Waals surface area contributed by atoms with Crippen LogP contribution in [0.2, 0.25) is 5.02 Å². The summed E-state index contributed by atoms with van der Waals surface area (Å²) in [5, 5.41) is 2.43. The number of fused-ring (bicyclic) bond motifs is 1. The van der Waals surface area contributed by atoms with Crippen LogP contribution in [0.15, 0.2) is 59.1 Å². The van der Waals surface area contributed by atoms with Gasteiger partial charge in [-0.1, -0.05) is 39.7 Å². The third-order valence-corrected chi connectivity index (χ3v) is 4.77. The molecular weight excluding hydrogens is 432 g/mol. The molecule has 0 aliphatic rings. The average Bonchev–Trinajstić information content (AvgIpc) is 2.66. The largest absolute Gasteiger partial charge is 0.496 e. The predicted molar refractivity (Wildman–Crippen MR) is 109 cm³/mol. The molecule has 3 rings (SSSR count). The number of rotatable bonds is 4. The van der Waals surface area contributed by atoms with Crippen molar-refractivity contribution >= 4 is 50.1 Å². The van der Waals surface area contributed by atoms with Gasteiger partial charge in [-0.2, -0.15) is 0 Å². The SMILES string of the molecule is COc1ccc2cc(Br)ccc2c1CC(=O)NNC(=O)c1ccc(Cl)cc1. The topological polar surface area (TPSA) is 67.4 Å². The van der Waals surface area contributed by atoms with E-state index in [-0.39, 0.29) is 12.3 Å². The number of hydrazine groups is 1. The van der Waals surface area contributed by atoms with Crippen molar-refractivity contribution in [3.8, 4) is 5.75 Å². The zero-order valence-electron chi connectivity index (χ0n) is 14.4. The fourth-order valence-corrected chi connectivity index (χ4v) is 3.23. The Bertz CT molecular complexity index is 1010. The number of methoxy groups -OCH3 is 1. The molecule has 7 heteroatoms. The van der Waals surface area contributed by atoms with Crippen molar-refractivity contribution in [3.05, 3.63) is 75.2 Å². The van der Waals surface area contributed by atoms with Crippen LogP contribution >= 0.6 is 27.5 Å². The van der Waals surface area contributed by atoms with E-state index in [1.54, 1.807) is 31.4 Å². The lowest BCUT2D eigenvalue weighted by Gasteiger charge is -2.13. The first-order valence-electron chi connectivity index (χ1n) is 8.08. The summed E-state index contributed by atoms with van der Waals surface area (Å²) in [7, 11) is 1.56. The molecule has 3 aromatic rings. The third kappa shape index (κ3) is 4.59. The summed E-state index contributed by atoms with van der Waals surface area (Å²) in [6.45, 7) is 0. The standard InChI is InChI=1S/C20H16BrClN2O3/c1-27-18-9-4-13-10-14(21)5-8-16(13)17(18)11-19(25)23-24-20(26)12-2-6-15(22)7-3-12/h2-10H,11H2,1H3,(H,23,25)(H,24,26). The number of ether oxygens (including phenoxy) is 1. The summed E-state index contributed by atoms with van der Waals surface area (Å²) in [6.07, 6.45) is 0.0586. The molecule has 5 nitrogen and oxygen atoms in total. The Hall–Kier alpha value is -2.57. The number of amides is 2. The highest BCUT2D eigenvalue weighted by Crippen LogP contribution is 2.30. The second kappa shape index (κ2) is 8.41. The molecule has 0 aliphatic carbocycles. The number of carbonyl (C=O) groups excluding carboxylic acids is 2. The smallest absolute Gasteiger partial charge is 0.269 e. The molecule has 0 spiro atoms. The molecular formula is C20H16BrClN2O3. The van der Waals surface area contributed by atoms with Crippen LogP contribution in [0, 0.1) is 0 Å². The fourth-order valence-electron chi connectivity index (χ4n) is 2.72. The van der Waals surface area contributed by atoms with Gasteiger partial charge < -0.3 is 4.74 Å². The first-order valence-corrected chi connectivity index (χ1v) is 9.25. The monoisotopic (exact) mass is 446 g/mol. The third-order valence-electron chi connectivity index (χ3n) is 4.03. The van der Waals surface area contributed by atoms with Crippen LogP contribution in [-0.2, 0) is 11.2 Å². The summed E-state index contributed by atoms with van der Waals surface area (Å²) >= 11 is 9.25. The van der Waals surface area contributed by atoms with E-state index in [2.05, 4.69) is 26.8 Å². The van der Waals surface area contributed by atoms with E-state index < -0.39 is 5.91 Å². The van der Waals surface area contributed by atoms with Crippen LogP contribution in [0.1, 0.15) is 15.9 Å². The molecule has 0 bridgehead atoms. The van der Waals surface area contributed by atoms with Crippen molar-refractivity contribution in [3.63, 3.8) is 0 Å². The normalized spacial score (nSPS) is 10.5. The summed E-state index contributed by atoms with van der Waals surface area (Å²) in [5.41, 5.74) is 5.98. The Morgan fingerprint density at radius 1 is 1.04 bits per heavy atom. The molecule has 0 saturated heterocycles. The number of halogens is 2. The van der Waals surface area contributed by atoms with Crippen LogP contribution in [0.25, 0.3) is 10.8 Å². The second-order valence-corrected chi connectivity index (χ2v) is 7.15. The van der Waals surface area contributed by atoms with E-state index in [0.29, 0.717) is 16.3 Å². The van der Waals surface area contributed by atoms with Gasteiger partial charge in [0.15, 0.2) is 0 Å². The summed E-state index contributed by atoms with van der Waals surface area (Å²) in [4.78, 5) is 24.5. The minimum atomic E-state index is -0.422. The first-order chi connectivity index (χ1) is 13.0. The molecule has 2 N–H and O–H groups in total. The van der Waals surface area contributed by atoms with Gasteiger partial charge in [-0.05, 0) is 53.2 Å². The van der Waals surface area contributed by atoms with Crippen molar-refractivity contribution in [2.24, 2.45) is 0 Å². The highest BCUT2D eigenvalue weighted by atomic mass is 79.9. The van der Waals surface area contributed by atoms with Crippen molar-refractivity contribution in [1.29, 1.82) is 0 Å². The van der Waals surface area contributed by atoms with Crippen molar-refractivity contribution in [2.75, 3.05) is 7.11 Å². The summed E-state index contributed by atoms with van der Waals surface area (Å²) in [6, 6.07) is 15.9. The molecule has 27 heavy (non-hydrogen) atoms. The summed E-state index contributed by atoms with van der Waals surface area (Å²) < 4.78 is 6.35. The van der Waals surface area contributed by atoms with E-state index in [4.69, 9.17) is 16.3 Å². The quantitative estimate of drug-likeness (QED) is 0.587. The lowest BCUT2D eigenvalue weighted by molar-refractivity contribution is -0.121. The zero-order valence-corrected chi connectivity index (χ0v) is 16.7. The number of hydrogen-bond acceptors (Lipinski definition) is 3. The van der Waals surface area contributed by atoms with Gasteiger partial charge in [0, 0.05) is 20.6 Å². The minimum absolute atomic E-state index is 0.0586. The molecule has 0 aromatic heterocycles. The molecule has 0 heterocycles. The Labute approximate surface area is 169 Å². The van der Waals surface area contributed by atoms with Crippen molar-refractivity contribution in [2.45, 2.75) is 6.42 Å². The Kier molecular flexibility index (Phi) is 5.98. The first kappa shape index (κ1) is 19.2. The number of benzene rings is 3. The molecule has 0 fully saturated rings.